The Balaban J connectivity index is 2.83. The van der Waals surface area contributed by atoms with Crippen LogP contribution >= 0.6 is 23.2 Å². The summed E-state index contributed by atoms with van der Waals surface area (Å²) in [6, 6.07) is 2.48. The monoisotopic (exact) mass is 408 g/mol. The van der Waals surface area contributed by atoms with E-state index in [1.807, 2.05) is 0 Å². The number of halogens is 3. The molecule has 1 aromatic heterocycles. The lowest BCUT2D eigenvalue weighted by molar-refractivity contribution is 0.0690. The lowest BCUT2D eigenvalue weighted by Crippen LogP contribution is -2.12. The summed E-state index contributed by atoms with van der Waals surface area (Å²) in [5, 5.41) is 7.78. The molecule has 0 radical (unpaired) electrons. The van der Waals surface area contributed by atoms with E-state index >= 15 is 0 Å². The van der Waals surface area contributed by atoms with Gasteiger partial charge in [-0.05, 0) is 19.1 Å². The first-order valence-corrected chi connectivity index (χ1v) is 9.34. The molecule has 0 saturated carbocycles. The van der Waals surface area contributed by atoms with E-state index in [0.29, 0.717) is 0 Å². The molecule has 134 valence electrons. The second-order valence-electron chi connectivity index (χ2n) is 4.76. The number of carboxylic acids is 1. The normalized spacial score (nSPS) is 11.4. The number of hydrogen-bond acceptors (Lipinski definition) is 6. The van der Waals surface area contributed by atoms with Crippen LogP contribution < -0.4 is 4.74 Å². The van der Waals surface area contributed by atoms with Gasteiger partial charge in [0.05, 0.1) is 17.2 Å². The highest BCUT2D eigenvalue weighted by atomic mass is 35.5. The quantitative estimate of drug-likeness (QED) is 0.757. The molecule has 0 atom stereocenters. The summed E-state index contributed by atoms with van der Waals surface area (Å²) in [6.45, 7) is 1.74. The van der Waals surface area contributed by atoms with Crippen LogP contribution in [0.3, 0.4) is 0 Å². The largest absolute Gasteiger partial charge is 0.489 e. The highest BCUT2D eigenvalue weighted by Crippen LogP contribution is 2.35. The van der Waals surface area contributed by atoms with E-state index in [0.717, 1.165) is 6.26 Å². The molecule has 0 amide bonds. The molecule has 0 aliphatic carbocycles. The van der Waals surface area contributed by atoms with E-state index < -0.39 is 43.2 Å². The molecule has 0 spiro atoms. The van der Waals surface area contributed by atoms with Gasteiger partial charge in [-0.1, -0.05) is 23.2 Å². The van der Waals surface area contributed by atoms with Crippen molar-refractivity contribution in [3.8, 4) is 17.1 Å². The first-order valence-electron chi connectivity index (χ1n) is 6.70. The maximum Gasteiger partial charge on any atom is 0.356 e. The minimum Gasteiger partial charge on any atom is -0.489 e. The summed E-state index contributed by atoms with van der Waals surface area (Å²) in [6.07, 6.45) is 0.792. The van der Waals surface area contributed by atoms with Crippen LogP contribution in [0.25, 0.3) is 11.4 Å². The number of aromatic nitrogens is 2. The second kappa shape index (κ2) is 7.11. The summed E-state index contributed by atoms with van der Waals surface area (Å²) >= 11 is 11.6. The van der Waals surface area contributed by atoms with Gasteiger partial charge in [0.1, 0.15) is 5.02 Å². The second-order valence-corrected chi connectivity index (χ2v) is 7.48. The van der Waals surface area contributed by atoms with Crippen molar-refractivity contribution >= 4 is 39.0 Å². The number of carboxylic acid groups (broad SMARTS) is 1. The van der Waals surface area contributed by atoms with Crippen LogP contribution in [-0.2, 0) is 9.84 Å². The fourth-order valence-electron chi connectivity index (χ4n) is 1.92. The smallest absolute Gasteiger partial charge is 0.356 e. The van der Waals surface area contributed by atoms with Crippen molar-refractivity contribution in [1.82, 2.24) is 9.97 Å². The van der Waals surface area contributed by atoms with E-state index in [4.69, 9.17) is 27.9 Å². The van der Waals surface area contributed by atoms with Gasteiger partial charge in [-0.3, -0.25) is 0 Å². The molecule has 2 rings (SSSR count). The number of hydrogen-bond donors (Lipinski definition) is 1. The zero-order chi connectivity index (χ0) is 18.9. The van der Waals surface area contributed by atoms with Gasteiger partial charge in [-0.2, -0.15) is 0 Å². The van der Waals surface area contributed by atoms with E-state index in [-0.39, 0.29) is 22.9 Å². The molecular weight excluding hydrogens is 398 g/mol. The van der Waals surface area contributed by atoms with E-state index in [1.165, 1.54) is 12.1 Å². The summed E-state index contributed by atoms with van der Waals surface area (Å²) in [7, 11) is -3.99. The Bertz CT molecular complexity index is 966. The first-order chi connectivity index (χ1) is 11.6. The zero-order valence-electron chi connectivity index (χ0n) is 12.9. The third kappa shape index (κ3) is 3.83. The van der Waals surface area contributed by atoms with Crippen molar-refractivity contribution in [2.45, 2.75) is 11.9 Å². The fraction of sp³-hybridized carbons (Fsp3) is 0.214. The minimum absolute atomic E-state index is 0.0149. The van der Waals surface area contributed by atoms with Crippen molar-refractivity contribution in [1.29, 1.82) is 0 Å². The Morgan fingerprint density at radius 3 is 2.48 bits per heavy atom. The summed E-state index contributed by atoms with van der Waals surface area (Å²) < 4.78 is 43.4. The van der Waals surface area contributed by atoms with Gasteiger partial charge in [0.2, 0.25) is 0 Å². The van der Waals surface area contributed by atoms with Crippen molar-refractivity contribution in [3.05, 3.63) is 33.7 Å². The SMILES string of the molecule is CCOc1c(Cl)ccc(-c2nc(C(=O)O)c(Cl)c(S(C)(=O)=O)n2)c1F. The number of benzene rings is 1. The maximum absolute atomic E-state index is 14.6. The number of carbonyl (C=O) groups is 1. The van der Waals surface area contributed by atoms with Gasteiger partial charge in [0, 0.05) is 6.26 Å². The fourth-order valence-corrected chi connectivity index (χ4v) is 3.38. The van der Waals surface area contributed by atoms with Gasteiger partial charge in [-0.15, -0.1) is 0 Å². The average molecular weight is 409 g/mol. The van der Waals surface area contributed by atoms with Crippen molar-refractivity contribution < 1.29 is 27.4 Å². The number of rotatable bonds is 5. The summed E-state index contributed by atoms with van der Waals surface area (Å²) in [5.74, 6) is -3.29. The molecule has 25 heavy (non-hydrogen) atoms. The van der Waals surface area contributed by atoms with Gasteiger partial charge in [0.25, 0.3) is 0 Å². The van der Waals surface area contributed by atoms with Gasteiger partial charge < -0.3 is 9.84 Å². The molecular formula is C14H11Cl2FN2O5S. The first kappa shape index (κ1) is 19.4. The van der Waals surface area contributed by atoms with Crippen LogP contribution in [0.15, 0.2) is 17.2 Å². The highest BCUT2D eigenvalue weighted by molar-refractivity contribution is 7.90. The molecule has 1 aromatic carbocycles. The molecule has 11 heteroatoms. The van der Waals surface area contributed by atoms with Crippen LogP contribution in [0, 0.1) is 5.82 Å². The summed E-state index contributed by atoms with van der Waals surface area (Å²) in [5.41, 5.74) is -1.05. The Hall–Kier alpha value is -1.97. The lowest BCUT2D eigenvalue weighted by Gasteiger charge is -2.12. The molecule has 0 fully saturated rings. The Labute approximate surface area is 152 Å². The summed E-state index contributed by atoms with van der Waals surface area (Å²) in [4.78, 5) is 18.7. The third-order valence-corrected chi connectivity index (χ3v) is 4.72. The van der Waals surface area contributed by atoms with E-state index in [9.17, 15) is 22.7 Å². The van der Waals surface area contributed by atoms with Crippen LogP contribution in [0.1, 0.15) is 17.4 Å². The topological polar surface area (TPSA) is 106 Å². The molecule has 0 saturated heterocycles. The van der Waals surface area contributed by atoms with Crippen molar-refractivity contribution in [2.75, 3.05) is 12.9 Å². The predicted molar refractivity (Wildman–Crippen MR) is 88.7 cm³/mol. The van der Waals surface area contributed by atoms with Crippen molar-refractivity contribution in [3.63, 3.8) is 0 Å². The molecule has 0 aliphatic rings. The zero-order valence-corrected chi connectivity index (χ0v) is 15.2. The number of ether oxygens (including phenoxy) is 1. The molecule has 0 unspecified atom stereocenters. The number of sulfone groups is 1. The molecule has 0 aliphatic heterocycles. The Morgan fingerprint density at radius 2 is 1.96 bits per heavy atom. The number of nitrogens with zero attached hydrogens (tertiary/aromatic N) is 2. The van der Waals surface area contributed by atoms with Crippen LogP contribution in [0.4, 0.5) is 4.39 Å². The van der Waals surface area contributed by atoms with Crippen LogP contribution in [0.2, 0.25) is 10.0 Å². The Morgan fingerprint density at radius 1 is 1.32 bits per heavy atom. The van der Waals surface area contributed by atoms with Crippen LogP contribution in [0.5, 0.6) is 5.75 Å². The highest BCUT2D eigenvalue weighted by Gasteiger charge is 2.26. The van der Waals surface area contributed by atoms with Gasteiger partial charge >= 0.3 is 5.97 Å². The Kier molecular flexibility index (Phi) is 5.50. The maximum atomic E-state index is 14.6. The standard InChI is InChI=1S/C14H11Cl2FN2O5S/c1-3-24-11-7(15)5-4-6(9(11)17)12-18-10(14(20)21)8(16)13(19-12)25(2,22)23/h4-5H,3H2,1-2H3,(H,20,21). The average Bonchev–Trinajstić information content (AvgIpc) is 2.50. The lowest BCUT2D eigenvalue weighted by atomic mass is 10.1. The molecule has 1 N–H and O–H groups in total. The molecule has 2 aromatic rings. The van der Waals surface area contributed by atoms with E-state index in [2.05, 4.69) is 9.97 Å². The van der Waals surface area contributed by atoms with Gasteiger partial charge in [-0.25, -0.2) is 27.6 Å². The van der Waals surface area contributed by atoms with Crippen molar-refractivity contribution in [2.24, 2.45) is 0 Å². The molecule has 0 bridgehead atoms. The molecule has 7 nitrogen and oxygen atoms in total. The number of aromatic carboxylic acids is 1. The van der Waals surface area contributed by atoms with Gasteiger partial charge in [0.15, 0.2) is 37.9 Å². The minimum atomic E-state index is -3.99. The van der Waals surface area contributed by atoms with E-state index in [1.54, 1.807) is 6.92 Å². The predicted octanol–water partition coefficient (Wildman–Crippen LogP) is 3.09. The molecule has 1 heterocycles. The third-order valence-electron chi connectivity index (χ3n) is 2.95. The van der Waals surface area contributed by atoms with Crippen LogP contribution in [-0.4, -0.2) is 42.3 Å².